The molecule has 1 N–H and O–H groups in total. The smallest absolute Gasteiger partial charge is 0.277 e. The van der Waals surface area contributed by atoms with Crippen molar-refractivity contribution in [3.63, 3.8) is 0 Å². The molecular formula is C19H25N3O3S. The summed E-state index contributed by atoms with van der Waals surface area (Å²) in [5.41, 5.74) is 0.819. The van der Waals surface area contributed by atoms with Gasteiger partial charge in [0.05, 0.1) is 12.9 Å². The molecule has 1 aliphatic carbocycles. The second-order valence-corrected chi connectivity index (χ2v) is 7.76. The van der Waals surface area contributed by atoms with Crippen molar-refractivity contribution in [2.45, 2.75) is 44.4 Å². The molecule has 1 aliphatic rings. The first-order valence-corrected chi connectivity index (χ1v) is 9.95. The minimum Gasteiger partial charge on any atom is -0.497 e. The Bertz CT molecular complexity index is 732. The van der Waals surface area contributed by atoms with Gasteiger partial charge in [-0.15, -0.1) is 10.2 Å². The molecule has 0 spiro atoms. The fraction of sp³-hybridized carbons (Fsp3) is 0.526. The second-order valence-electron chi connectivity index (χ2n) is 6.83. The van der Waals surface area contributed by atoms with Gasteiger partial charge < -0.3 is 14.5 Å². The predicted molar refractivity (Wildman–Crippen MR) is 101 cm³/mol. The van der Waals surface area contributed by atoms with Crippen molar-refractivity contribution in [2.75, 3.05) is 12.9 Å². The highest BCUT2D eigenvalue weighted by molar-refractivity contribution is 7.99. The van der Waals surface area contributed by atoms with Gasteiger partial charge in [-0.05, 0) is 42.5 Å². The number of hydrogen-bond acceptors (Lipinski definition) is 6. The van der Waals surface area contributed by atoms with Crippen LogP contribution in [0.4, 0.5) is 0 Å². The quantitative estimate of drug-likeness (QED) is 0.774. The summed E-state index contributed by atoms with van der Waals surface area (Å²) in [4.78, 5) is 12.2. The second kappa shape index (κ2) is 8.58. The zero-order valence-electron chi connectivity index (χ0n) is 15.4. The third-order valence-corrected chi connectivity index (χ3v) is 5.94. The molecule has 26 heavy (non-hydrogen) atoms. The van der Waals surface area contributed by atoms with Crippen molar-refractivity contribution in [3.8, 4) is 17.2 Å². The van der Waals surface area contributed by atoms with E-state index in [1.165, 1.54) is 24.6 Å². The molecule has 7 heteroatoms. The van der Waals surface area contributed by atoms with E-state index in [1.54, 1.807) is 7.11 Å². The Morgan fingerprint density at radius 2 is 2.04 bits per heavy atom. The molecule has 1 aromatic heterocycles. The first-order chi connectivity index (χ1) is 12.6. The van der Waals surface area contributed by atoms with Crippen molar-refractivity contribution in [2.24, 2.45) is 11.8 Å². The van der Waals surface area contributed by atoms with Gasteiger partial charge in [0, 0.05) is 11.6 Å². The van der Waals surface area contributed by atoms with E-state index in [2.05, 4.69) is 29.4 Å². The third-order valence-electron chi connectivity index (χ3n) is 5.12. The van der Waals surface area contributed by atoms with Gasteiger partial charge in [-0.25, -0.2) is 0 Å². The Labute approximate surface area is 158 Å². The Kier molecular flexibility index (Phi) is 6.19. The highest BCUT2D eigenvalue weighted by Crippen LogP contribution is 2.30. The van der Waals surface area contributed by atoms with E-state index in [-0.39, 0.29) is 17.7 Å². The lowest BCUT2D eigenvalue weighted by Gasteiger charge is -2.34. The Morgan fingerprint density at radius 3 is 2.77 bits per heavy atom. The molecule has 0 unspecified atom stereocenters. The van der Waals surface area contributed by atoms with E-state index in [0.29, 0.717) is 22.9 Å². The minimum absolute atomic E-state index is 0.0187. The molecule has 2 aromatic rings. The normalized spacial score (nSPS) is 22.8. The molecule has 0 saturated heterocycles. The Hall–Kier alpha value is -2.02. The van der Waals surface area contributed by atoms with Crippen molar-refractivity contribution in [1.29, 1.82) is 0 Å². The van der Waals surface area contributed by atoms with Gasteiger partial charge in [0.15, 0.2) is 0 Å². The average molecular weight is 375 g/mol. The van der Waals surface area contributed by atoms with Crippen LogP contribution in [-0.2, 0) is 4.79 Å². The van der Waals surface area contributed by atoms with E-state index >= 15 is 0 Å². The fourth-order valence-electron chi connectivity index (χ4n) is 3.28. The standard InChI is InChI=1S/C19H25N3O3S/c1-12-5-4-6-16(13(12)2)20-17(23)11-26-19-22-21-18(25-19)14-7-9-15(24-3)10-8-14/h7-10,12-13,16H,4-6,11H2,1-3H3,(H,20,23)/t12-,13-,16+/m0/s1. The largest absolute Gasteiger partial charge is 0.497 e. The topological polar surface area (TPSA) is 77.2 Å². The monoisotopic (exact) mass is 375 g/mol. The van der Waals surface area contributed by atoms with Crippen molar-refractivity contribution >= 4 is 17.7 Å². The highest BCUT2D eigenvalue weighted by Gasteiger charge is 2.28. The molecule has 0 aliphatic heterocycles. The molecule has 3 rings (SSSR count). The Balaban J connectivity index is 1.51. The van der Waals surface area contributed by atoms with Gasteiger partial charge in [0.1, 0.15) is 5.75 Å². The number of rotatable bonds is 6. The summed E-state index contributed by atoms with van der Waals surface area (Å²) in [5.74, 6) is 2.68. The molecule has 1 heterocycles. The number of aromatic nitrogens is 2. The number of thioether (sulfide) groups is 1. The van der Waals surface area contributed by atoms with Crippen LogP contribution in [-0.4, -0.2) is 35.0 Å². The number of carbonyl (C=O) groups excluding carboxylic acids is 1. The lowest BCUT2D eigenvalue weighted by Crippen LogP contribution is -2.44. The maximum absolute atomic E-state index is 12.2. The lowest BCUT2D eigenvalue weighted by molar-refractivity contribution is -0.120. The summed E-state index contributed by atoms with van der Waals surface area (Å²) < 4.78 is 10.8. The van der Waals surface area contributed by atoms with E-state index in [0.717, 1.165) is 17.7 Å². The third kappa shape index (κ3) is 4.58. The van der Waals surface area contributed by atoms with Crippen LogP contribution < -0.4 is 10.1 Å². The van der Waals surface area contributed by atoms with Crippen LogP contribution in [0.5, 0.6) is 5.75 Å². The molecule has 0 bridgehead atoms. The summed E-state index contributed by atoms with van der Waals surface area (Å²) in [6.07, 6.45) is 3.49. The van der Waals surface area contributed by atoms with Crippen molar-refractivity contribution in [1.82, 2.24) is 15.5 Å². The van der Waals surface area contributed by atoms with Gasteiger partial charge >= 0.3 is 0 Å². The Morgan fingerprint density at radius 1 is 1.27 bits per heavy atom. The van der Waals surface area contributed by atoms with Crippen LogP contribution in [0.2, 0.25) is 0 Å². The average Bonchev–Trinajstić information content (AvgIpc) is 3.13. The van der Waals surface area contributed by atoms with Crippen LogP contribution in [0.15, 0.2) is 33.9 Å². The van der Waals surface area contributed by atoms with Crippen LogP contribution >= 0.6 is 11.8 Å². The maximum Gasteiger partial charge on any atom is 0.277 e. The molecule has 1 aromatic carbocycles. The maximum atomic E-state index is 12.2. The molecule has 1 amide bonds. The molecule has 3 atom stereocenters. The van der Waals surface area contributed by atoms with Gasteiger partial charge in [-0.1, -0.05) is 38.5 Å². The summed E-state index contributed by atoms with van der Waals surface area (Å²) in [6.45, 7) is 4.48. The van der Waals surface area contributed by atoms with E-state index in [4.69, 9.17) is 9.15 Å². The number of carbonyl (C=O) groups is 1. The number of amides is 1. The van der Waals surface area contributed by atoms with Gasteiger partial charge in [0.2, 0.25) is 11.8 Å². The number of ether oxygens (including phenoxy) is 1. The van der Waals surface area contributed by atoms with Crippen LogP contribution in [0.1, 0.15) is 33.1 Å². The number of nitrogens with one attached hydrogen (secondary N) is 1. The van der Waals surface area contributed by atoms with E-state index in [9.17, 15) is 4.79 Å². The zero-order chi connectivity index (χ0) is 18.5. The predicted octanol–water partition coefficient (Wildman–Crippen LogP) is 3.78. The number of nitrogens with zero attached hydrogens (tertiary/aromatic N) is 2. The van der Waals surface area contributed by atoms with Crippen molar-refractivity contribution < 1.29 is 13.9 Å². The summed E-state index contributed by atoms with van der Waals surface area (Å²) in [5, 5.41) is 11.6. The summed E-state index contributed by atoms with van der Waals surface area (Å²) in [7, 11) is 1.62. The van der Waals surface area contributed by atoms with Gasteiger partial charge in [-0.3, -0.25) is 4.79 Å². The number of methoxy groups -OCH3 is 1. The fourth-order valence-corrected chi connectivity index (χ4v) is 3.85. The van der Waals surface area contributed by atoms with Crippen LogP contribution in [0.25, 0.3) is 11.5 Å². The summed E-state index contributed by atoms with van der Waals surface area (Å²) in [6, 6.07) is 7.67. The summed E-state index contributed by atoms with van der Waals surface area (Å²) >= 11 is 1.27. The number of benzene rings is 1. The molecular weight excluding hydrogens is 350 g/mol. The number of hydrogen-bond donors (Lipinski definition) is 1. The highest BCUT2D eigenvalue weighted by atomic mass is 32.2. The lowest BCUT2D eigenvalue weighted by atomic mass is 9.78. The van der Waals surface area contributed by atoms with Gasteiger partial charge in [0.25, 0.3) is 5.22 Å². The first-order valence-electron chi connectivity index (χ1n) is 8.97. The molecule has 0 radical (unpaired) electrons. The SMILES string of the molecule is COc1ccc(-c2nnc(SCC(=O)N[C@@H]3CCC[C@H](C)[C@@H]3C)o2)cc1. The minimum atomic E-state index is 0.0187. The zero-order valence-corrected chi connectivity index (χ0v) is 16.2. The van der Waals surface area contributed by atoms with Crippen LogP contribution in [0.3, 0.4) is 0 Å². The molecule has 6 nitrogen and oxygen atoms in total. The van der Waals surface area contributed by atoms with Crippen molar-refractivity contribution in [3.05, 3.63) is 24.3 Å². The molecule has 140 valence electrons. The molecule has 1 fully saturated rings. The van der Waals surface area contributed by atoms with Crippen LogP contribution in [0, 0.1) is 11.8 Å². The van der Waals surface area contributed by atoms with E-state index in [1.807, 2.05) is 24.3 Å². The van der Waals surface area contributed by atoms with E-state index < -0.39 is 0 Å². The van der Waals surface area contributed by atoms with Gasteiger partial charge in [-0.2, -0.15) is 0 Å². The molecule has 1 saturated carbocycles. The first kappa shape index (κ1) is 18.8.